The van der Waals surface area contributed by atoms with E-state index in [1.807, 2.05) is 30.3 Å². The average molecular weight is 325 g/mol. The van der Waals surface area contributed by atoms with E-state index in [1.54, 1.807) is 24.3 Å². The molecule has 0 saturated heterocycles. The molecule has 0 radical (unpaired) electrons. The molecule has 1 N–H and O–H groups in total. The van der Waals surface area contributed by atoms with Gasteiger partial charge in [0.25, 0.3) is 5.91 Å². The van der Waals surface area contributed by atoms with Gasteiger partial charge in [-0.1, -0.05) is 38.1 Å². The molecule has 2 aromatic carbocycles. The summed E-state index contributed by atoms with van der Waals surface area (Å²) in [5.41, 5.74) is 1.24. The lowest BCUT2D eigenvalue weighted by atomic mass is 10.2. The van der Waals surface area contributed by atoms with Crippen LogP contribution in [0.3, 0.4) is 0 Å². The summed E-state index contributed by atoms with van der Waals surface area (Å²) in [6.45, 7) is 6.81. The Kier molecular flexibility index (Phi) is 6.90. The Labute approximate surface area is 143 Å². The first-order valence-corrected chi connectivity index (χ1v) is 8.11. The summed E-state index contributed by atoms with van der Waals surface area (Å²) in [7, 11) is 0. The van der Waals surface area contributed by atoms with Crippen LogP contribution in [0.25, 0.3) is 0 Å². The van der Waals surface area contributed by atoms with Crippen molar-refractivity contribution in [1.29, 1.82) is 0 Å². The van der Waals surface area contributed by atoms with Crippen LogP contribution < -0.4 is 14.8 Å². The monoisotopic (exact) mass is 325 g/mol. The molecule has 1 amide bonds. The molecule has 4 nitrogen and oxygen atoms in total. The van der Waals surface area contributed by atoms with E-state index in [0.29, 0.717) is 36.0 Å². The Morgan fingerprint density at radius 3 is 2.62 bits per heavy atom. The first-order valence-electron chi connectivity index (χ1n) is 8.11. The minimum absolute atomic E-state index is 0.184. The van der Waals surface area contributed by atoms with E-state index in [1.165, 1.54) is 0 Å². The predicted octanol–water partition coefficient (Wildman–Crippen LogP) is 4.68. The maximum absolute atomic E-state index is 12.4. The molecule has 0 atom stereocenters. The Bertz CT molecular complexity index is 682. The third kappa shape index (κ3) is 5.47. The van der Waals surface area contributed by atoms with Crippen molar-refractivity contribution in [3.63, 3.8) is 0 Å². The smallest absolute Gasteiger partial charge is 0.255 e. The highest BCUT2D eigenvalue weighted by Gasteiger charge is 2.08. The number of amides is 1. The molecule has 0 fully saturated rings. The molecule has 0 aromatic heterocycles. The van der Waals surface area contributed by atoms with Gasteiger partial charge in [0.1, 0.15) is 18.1 Å². The molecule has 4 heteroatoms. The number of carbonyl (C=O) groups excluding carboxylic acids is 1. The number of hydrogen-bond donors (Lipinski definition) is 1. The fraction of sp³-hybridized carbons (Fsp3) is 0.250. The van der Waals surface area contributed by atoms with Crippen LogP contribution in [0.2, 0.25) is 0 Å². The van der Waals surface area contributed by atoms with E-state index in [2.05, 4.69) is 18.8 Å². The molecule has 0 aliphatic heterocycles. The van der Waals surface area contributed by atoms with Gasteiger partial charge in [0.05, 0.1) is 6.61 Å². The topological polar surface area (TPSA) is 47.6 Å². The summed E-state index contributed by atoms with van der Waals surface area (Å²) in [4.78, 5) is 12.4. The standard InChI is InChI=1S/C20H23NO3/c1-3-5-13-24-18-10-6-8-16(14-18)20(22)21-17-9-7-11-19(15-17)23-12-4-2/h4,6-11,14-15H,2-3,5,12-13H2,1H3,(H,21,22). The van der Waals surface area contributed by atoms with Crippen molar-refractivity contribution in [2.24, 2.45) is 0 Å². The van der Waals surface area contributed by atoms with Gasteiger partial charge in [0, 0.05) is 17.3 Å². The van der Waals surface area contributed by atoms with Crippen molar-refractivity contribution >= 4 is 11.6 Å². The van der Waals surface area contributed by atoms with Crippen molar-refractivity contribution in [1.82, 2.24) is 0 Å². The third-order valence-corrected chi connectivity index (χ3v) is 3.32. The maximum atomic E-state index is 12.4. The quantitative estimate of drug-likeness (QED) is 0.538. The molecule has 0 unspecified atom stereocenters. The lowest BCUT2D eigenvalue weighted by molar-refractivity contribution is 0.102. The number of nitrogens with one attached hydrogen (secondary N) is 1. The zero-order valence-electron chi connectivity index (χ0n) is 14.0. The minimum atomic E-state index is -0.184. The maximum Gasteiger partial charge on any atom is 0.255 e. The number of hydrogen-bond acceptors (Lipinski definition) is 3. The van der Waals surface area contributed by atoms with Gasteiger partial charge in [-0.15, -0.1) is 0 Å². The minimum Gasteiger partial charge on any atom is -0.494 e. The summed E-state index contributed by atoms with van der Waals surface area (Å²) in [6.07, 6.45) is 3.74. The molecule has 24 heavy (non-hydrogen) atoms. The normalized spacial score (nSPS) is 10.0. The molecule has 2 aromatic rings. The van der Waals surface area contributed by atoms with Gasteiger partial charge >= 0.3 is 0 Å². The van der Waals surface area contributed by atoms with Gasteiger partial charge in [-0.05, 0) is 36.8 Å². The van der Waals surface area contributed by atoms with Crippen molar-refractivity contribution in [3.05, 3.63) is 66.7 Å². The first kappa shape index (κ1) is 17.6. The number of anilines is 1. The molecule has 0 bridgehead atoms. The Balaban J connectivity index is 2.01. The van der Waals surface area contributed by atoms with E-state index in [4.69, 9.17) is 9.47 Å². The van der Waals surface area contributed by atoms with E-state index >= 15 is 0 Å². The predicted molar refractivity (Wildman–Crippen MR) is 96.9 cm³/mol. The second-order valence-corrected chi connectivity index (χ2v) is 5.31. The molecule has 126 valence electrons. The Morgan fingerprint density at radius 1 is 1.12 bits per heavy atom. The summed E-state index contributed by atoms with van der Waals surface area (Å²) in [5.74, 6) is 1.21. The van der Waals surface area contributed by atoms with Crippen LogP contribution in [0, 0.1) is 0 Å². The summed E-state index contributed by atoms with van der Waals surface area (Å²) in [5, 5.41) is 2.87. The lowest BCUT2D eigenvalue weighted by Gasteiger charge is -2.10. The first-order chi connectivity index (χ1) is 11.7. The van der Waals surface area contributed by atoms with Crippen molar-refractivity contribution in [2.75, 3.05) is 18.5 Å². The molecule has 0 aliphatic rings. The summed E-state index contributed by atoms with van der Waals surface area (Å²) >= 11 is 0. The highest BCUT2D eigenvalue weighted by atomic mass is 16.5. The van der Waals surface area contributed by atoms with Crippen LogP contribution in [0.15, 0.2) is 61.2 Å². The molecule has 0 heterocycles. The number of rotatable bonds is 9. The van der Waals surface area contributed by atoms with E-state index < -0.39 is 0 Å². The zero-order chi connectivity index (χ0) is 17.2. The average Bonchev–Trinajstić information content (AvgIpc) is 2.61. The van der Waals surface area contributed by atoms with Crippen molar-refractivity contribution in [2.45, 2.75) is 19.8 Å². The SMILES string of the molecule is C=CCOc1cccc(NC(=O)c2cccc(OCCCC)c2)c1. The fourth-order valence-corrected chi connectivity index (χ4v) is 2.08. The molecular formula is C20H23NO3. The van der Waals surface area contributed by atoms with E-state index in [9.17, 15) is 4.79 Å². The van der Waals surface area contributed by atoms with Crippen LogP contribution in [0.5, 0.6) is 11.5 Å². The second kappa shape index (κ2) is 9.40. The van der Waals surface area contributed by atoms with E-state index in [0.717, 1.165) is 12.8 Å². The molecular weight excluding hydrogens is 302 g/mol. The largest absolute Gasteiger partial charge is 0.494 e. The van der Waals surface area contributed by atoms with Crippen LogP contribution in [-0.4, -0.2) is 19.1 Å². The lowest BCUT2D eigenvalue weighted by Crippen LogP contribution is -2.12. The van der Waals surface area contributed by atoms with Crippen molar-refractivity contribution in [3.8, 4) is 11.5 Å². The number of ether oxygens (including phenoxy) is 2. The van der Waals surface area contributed by atoms with Crippen LogP contribution >= 0.6 is 0 Å². The van der Waals surface area contributed by atoms with Crippen molar-refractivity contribution < 1.29 is 14.3 Å². The molecule has 0 spiro atoms. The number of carbonyl (C=O) groups is 1. The molecule has 2 rings (SSSR count). The molecule has 0 saturated carbocycles. The highest BCUT2D eigenvalue weighted by molar-refractivity contribution is 6.04. The van der Waals surface area contributed by atoms with Gasteiger partial charge < -0.3 is 14.8 Å². The van der Waals surface area contributed by atoms with Gasteiger partial charge in [-0.2, -0.15) is 0 Å². The van der Waals surface area contributed by atoms with Crippen LogP contribution in [0.1, 0.15) is 30.1 Å². The van der Waals surface area contributed by atoms with Crippen LogP contribution in [-0.2, 0) is 0 Å². The Hall–Kier alpha value is -2.75. The van der Waals surface area contributed by atoms with Gasteiger partial charge in [0.15, 0.2) is 0 Å². The van der Waals surface area contributed by atoms with Gasteiger partial charge in [-0.25, -0.2) is 0 Å². The fourth-order valence-electron chi connectivity index (χ4n) is 2.08. The number of unbranched alkanes of at least 4 members (excludes halogenated alkanes) is 1. The third-order valence-electron chi connectivity index (χ3n) is 3.32. The van der Waals surface area contributed by atoms with Crippen LogP contribution in [0.4, 0.5) is 5.69 Å². The zero-order valence-corrected chi connectivity index (χ0v) is 14.0. The van der Waals surface area contributed by atoms with Gasteiger partial charge in [0.2, 0.25) is 0 Å². The molecule has 0 aliphatic carbocycles. The number of benzene rings is 2. The highest BCUT2D eigenvalue weighted by Crippen LogP contribution is 2.19. The summed E-state index contributed by atoms with van der Waals surface area (Å²) < 4.78 is 11.1. The van der Waals surface area contributed by atoms with Gasteiger partial charge in [-0.3, -0.25) is 4.79 Å². The summed E-state index contributed by atoms with van der Waals surface area (Å²) in [6, 6.07) is 14.5. The Morgan fingerprint density at radius 2 is 1.88 bits per heavy atom. The van der Waals surface area contributed by atoms with E-state index in [-0.39, 0.29) is 5.91 Å². The second-order valence-electron chi connectivity index (χ2n) is 5.31.